The maximum Gasteiger partial charge on any atom is 0.244 e. The molecule has 0 spiro atoms. The molecular formula is C25H28N8O2. The summed E-state index contributed by atoms with van der Waals surface area (Å²) in [6.07, 6.45) is 2.27. The van der Waals surface area contributed by atoms with Crippen LogP contribution in [0.1, 0.15) is 5.56 Å². The number of hydrogen-bond donors (Lipinski definition) is 2. The summed E-state index contributed by atoms with van der Waals surface area (Å²) in [6, 6.07) is 15.2. The first-order valence-electron chi connectivity index (χ1n) is 11.6. The first-order valence-corrected chi connectivity index (χ1v) is 11.6. The van der Waals surface area contributed by atoms with Crippen molar-refractivity contribution in [2.75, 3.05) is 50.6 Å². The molecule has 1 fully saturated rings. The van der Waals surface area contributed by atoms with Gasteiger partial charge in [0.2, 0.25) is 17.8 Å². The van der Waals surface area contributed by atoms with Crippen LogP contribution in [0.2, 0.25) is 0 Å². The Labute approximate surface area is 203 Å². The van der Waals surface area contributed by atoms with Gasteiger partial charge in [-0.25, -0.2) is 0 Å². The summed E-state index contributed by atoms with van der Waals surface area (Å²) in [5, 5.41) is 11.4. The van der Waals surface area contributed by atoms with Gasteiger partial charge in [0.25, 0.3) is 0 Å². The Balaban J connectivity index is 1.55. The second-order valence-corrected chi connectivity index (χ2v) is 8.64. The predicted molar refractivity (Wildman–Crippen MR) is 134 cm³/mol. The lowest BCUT2D eigenvalue weighted by Crippen LogP contribution is -2.41. The largest absolute Gasteiger partial charge is 0.378 e. The van der Waals surface area contributed by atoms with Gasteiger partial charge >= 0.3 is 0 Å². The third kappa shape index (κ3) is 5.07. The van der Waals surface area contributed by atoms with Gasteiger partial charge in [-0.15, -0.1) is 0 Å². The van der Waals surface area contributed by atoms with E-state index in [1.165, 1.54) is 0 Å². The SMILES string of the molecule is CN(C)C(=O)C(Cc1ccccc1)Nc1nc(-c2cccc3[nH]ncc23)nc(N2CCOCC2)n1. The third-order valence-corrected chi connectivity index (χ3v) is 5.97. The van der Waals surface area contributed by atoms with Gasteiger partial charge in [-0.2, -0.15) is 20.1 Å². The van der Waals surface area contributed by atoms with Crippen LogP contribution >= 0.6 is 0 Å². The van der Waals surface area contributed by atoms with Gasteiger partial charge in [0, 0.05) is 44.6 Å². The molecule has 10 nitrogen and oxygen atoms in total. The van der Waals surface area contributed by atoms with E-state index in [2.05, 4.69) is 20.4 Å². The van der Waals surface area contributed by atoms with Crippen LogP contribution < -0.4 is 10.2 Å². The number of hydrogen-bond acceptors (Lipinski definition) is 8. The van der Waals surface area contributed by atoms with Gasteiger partial charge in [0.15, 0.2) is 5.82 Å². The van der Waals surface area contributed by atoms with Crippen LogP contribution in [-0.2, 0) is 16.0 Å². The molecule has 0 bridgehead atoms. The highest BCUT2D eigenvalue weighted by Gasteiger charge is 2.24. The van der Waals surface area contributed by atoms with E-state index in [1.54, 1.807) is 25.2 Å². The number of amides is 1. The summed E-state index contributed by atoms with van der Waals surface area (Å²) < 4.78 is 5.51. The molecular weight excluding hydrogens is 444 g/mol. The van der Waals surface area contributed by atoms with Gasteiger partial charge < -0.3 is 19.9 Å². The van der Waals surface area contributed by atoms with Gasteiger partial charge in [-0.1, -0.05) is 42.5 Å². The molecule has 2 aromatic carbocycles. The molecule has 1 aliphatic heterocycles. The number of nitrogens with zero attached hydrogens (tertiary/aromatic N) is 6. The number of aromatic amines is 1. The summed E-state index contributed by atoms with van der Waals surface area (Å²) in [4.78, 5) is 31.0. The van der Waals surface area contributed by atoms with E-state index in [9.17, 15) is 4.79 Å². The van der Waals surface area contributed by atoms with Crippen molar-refractivity contribution in [1.82, 2.24) is 30.0 Å². The molecule has 3 heterocycles. The fourth-order valence-corrected chi connectivity index (χ4v) is 4.14. The van der Waals surface area contributed by atoms with Gasteiger partial charge in [-0.05, 0) is 11.6 Å². The standard InChI is InChI=1S/C25H28N8O2/c1-32(2)23(34)21(15-17-7-4-3-5-8-17)27-24-28-22(18-9-6-10-20-19(18)16-26-31-20)29-25(30-24)33-11-13-35-14-12-33/h3-10,16,21H,11-15H2,1-2H3,(H,26,31)(H,27,28,29,30). The molecule has 0 saturated carbocycles. The predicted octanol–water partition coefficient (Wildman–Crippen LogP) is 2.36. The van der Waals surface area contributed by atoms with Gasteiger partial charge in [0.1, 0.15) is 6.04 Å². The van der Waals surface area contributed by atoms with Gasteiger partial charge in [0.05, 0.1) is 24.9 Å². The minimum Gasteiger partial charge on any atom is -0.378 e. The van der Waals surface area contributed by atoms with Crippen LogP contribution in [0.4, 0.5) is 11.9 Å². The molecule has 4 aromatic rings. The van der Waals surface area contributed by atoms with Crippen molar-refractivity contribution in [1.29, 1.82) is 0 Å². The quantitative estimate of drug-likeness (QED) is 0.422. The third-order valence-electron chi connectivity index (χ3n) is 5.97. The average Bonchev–Trinajstić information content (AvgIpc) is 3.38. The second-order valence-electron chi connectivity index (χ2n) is 8.64. The lowest BCUT2D eigenvalue weighted by atomic mass is 10.1. The van der Waals surface area contributed by atoms with Crippen LogP contribution in [0.3, 0.4) is 0 Å². The average molecular weight is 473 g/mol. The zero-order valence-electron chi connectivity index (χ0n) is 19.8. The number of morpholine rings is 1. The molecule has 0 radical (unpaired) electrons. The summed E-state index contributed by atoms with van der Waals surface area (Å²) in [5.74, 6) is 1.37. The number of benzene rings is 2. The molecule has 1 atom stereocenters. The number of ether oxygens (including phenoxy) is 1. The molecule has 1 amide bonds. The van der Waals surface area contributed by atoms with E-state index in [1.807, 2.05) is 48.5 Å². The van der Waals surface area contributed by atoms with Crippen molar-refractivity contribution in [2.24, 2.45) is 0 Å². The number of nitrogens with one attached hydrogen (secondary N) is 2. The lowest BCUT2D eigenvalue weighted by Gasteiger charge is -2.28. The summed E-state index contributed by atoms with van der Waals surface area (Å²) >= 11 is 0. The Morgan fingerprint density at radius 2 is 1.89 bits per heavy atom. The zero-order chi connectivity index (χ0) is 24.2. The van der Waals surface area contributed by atoms with Crippen LogP contribution in [0.15, 0.2) is 54.7 Å². The molecule has 2 N–H and O–H groups in total. The number of fused-ring (bicyclic) bond motifs is 1. The number of carbonyl (C=O) groups excluding carboxylic acids is 1. The first-order chi connectivity index (χ1) is 17.1. The minimum absolute atomic E-state index is 0.0549. The molecule has 5 rings (SSSR count). The van der Waals surface area contributed by atoms with E-state index in [4.69, 9.17) is 19.7 Å². The highest BCUT2D eigenvalue weighted by atomic mass is 16.5. The normalized spacial score (nSPS) is 14.6. The molecule has 0 aliphatic carbocycles. The van der Waals surface area contributed by atoms with E-state index < -0.39 is 6.04 Å². The highest BCUT2D eigenvalue weighted by Crippen LogP contribution is 2.27. The topological polar surface area (TPSA) is 112 Å². The fourth-order valence-electron chi connectivity index (χ4n) is 4.14. The Hall–Kier alpha value is -4.05. The van der Waals surface area contributed by atoms with E-state index >= 15 is 0 Å². The van der Waals surface area contributed by atoms with Gasteiger partial charge in [-0.3, -0.25) is 9.89 Å². The maximum absolute atomic E-state index is 13.1. The van der Waals surface area contributed by atoms with E-state index in [0.717, 1.165) is 22.0 Å². The maximum atomic E-state index is 13.1. The van der Waals surface area contributed by atoms with Crippen molar-refractivity contribution in [3.05, 3.63) is 60.3 Å². The Kier molecular flexibility index (Phi) is 6.53. The molecule has 1 unspecified atom stereocenters. The monoisotopic (exact) mass is 472 g/mol. The summed E-state index contributed by atoms with van der Waals surface area (Å²) in [7, 11) is 3.50. The van der Waals surface area contributed by atoms with Crippen LogP contribution in [0, 0.1) is 0 Å². The van der Waals surface area contributed by atoms with Crippen molar-refractivity contribution in [3.8, 4) is 11.4 Å². The Morgan fingerprint density at radius 3 is 2.66 bits per heavy atom. The molecule has 1 aliphatic rings. The van der Waals surface area contributed by atoms with Crippen LogP contribution in [-0.4, -0.2) is 82.4 Å². The molecule has 35 heavy (non-hydrogen) atoms. The molecule has 180 valence electrons. The lowest BCUT2D eigenvalue weighted by molar-refractivity contribution is -0.129. The minimum atomic E-state index is -0.537. The highest BCUT2D eigenvalue weighted by molar-refractivity contribution is 5.92. The number of rotatable bonds is 7. The smallest absolute Gasteiger partial charge is 0.244 e. The number of anilines is 2. The molecule has 2 aromatic heterocycles. The fraction of sp³-hybridized carbons (Fsp3) is 0.320. The van der Waals surface area contributed by atoms with Crippen LogP contribution in [0.5, 0.6) is 0 Å². The summed E-state index contributed by atoms with van der Waals surface area (Å²) in [5.41, 5.74) is 2.79. The van der Waals surface area contributed by atoms with Crippen LogP contribution in [0.25, 0.3) is 22.3 Å². The Bertz CT molecular complexity index is 1300. The van der Waals surface area contributed by atoms with Crippen molar-refractivity contribution in [2.45, 2.75) is 12.5 Å². The number of likely N-dealkylation sites (N-methyl/N-ethyl adjacent to an activating group) is 1. The van der Waals surface area contributed by atoms with Crippen molar-refractivity contribution in [3.63, 3.8) is 0 Å². The summed E-state index contributed by atoms with van der Waals surface area (Å²) in [6.45, 7) is 2.58. The first kappa shape index (κ1) is 22.7. The molecule has 1 saturated heterocycles. The number of H-pyrrole nitrogens is 1. The number of carbonyl (C=O) groups is 1. The van der Waals surface area contributed by atoms with Crippen molar-refractivity contribution >= 4 is 28.7 Å². The van der Waals surface area contributed by atoms with Crippen molar-refractivity contribution < 1.29 is 9.53 Å². The molecule has 10 heteroatoms. The number of aromatic nitrogens is 5. The van der Waals surface area contributed by atoms with E-state index in [-0.39, 0.29) is 5.91 Å². The zero-order valence-corrected chi connectivity index (χ0v) is 19.8. The van der Waals surface area contributed by atoms with E-state index in [0.29, 0.717) is 50.4 Å². The Morgan fingerprint density at radius 1 is 1.09 bits per heavy atom. The second kappa shape index (κ2) is 10.1.